The molecule has 108 valence electrons. The summed E-state index contributed by atoms with van der Waals surface area (Å²) in [6.45, 7) is 24.0. The summed E-state index contributed by atoms with van der Waals surface area (Å²) in [6.07, 6.45) is 2.01. The maximum atomic E-state index is 3.88. The van der Waals surface area contributed by atoms with Gasteiger partial charge in [0.1, 0.15) is 0 Å². The molecule has 0 spiro atoms. The van der Waals surface area contributed by atoms with Gasteiger partial charge in [-0.05, 0) is 60.9 Å². The van der Waals surface area contributed by atoms with Crippen molar-refractivity contribution in [2.45, 2.75) is 72.5 Å². The van der Waals surface area contributed by atoms with Gasteiger partial charge in [0.2, 0.25) is 0 Å². The van der Waals surface area contributed by atoms with Crippen molar-refractivity contribution in [3.05, 3.63) is 12.7 Å². The lowest BCUT2D eigenvalue weighted by Gasteiger charge is -2.42. The van der Waals surface area contributed by atoms with Crippen molar-refractivity contribution >= 4 is 0 Å². The number of nitrogens with one attached hydrogen (secondary N) is 1. The van der Waals surface area contributed by atoms with Gasteiger partial charge >= 0.3 is 0 Å². The molecule has 0 heterocycles. The number of nitrogens with zero attached hydrogens (tertiary/aromatic N) is 1. The summed E-state index contributed by atoms with van der Waals surface area (Å²) in [4.78, 5) is 2.52. The maximum Gasteiger partial charge on any atom is 0.0168 e. The average molecular weight is 254 g/mol. The van der Waals surface area contributed by atoms with Crippen LogP contribution in [0.5, 0.6) is 0 Å². The lowest BCUT2D eigenvalue weighted by Crippen LogP contribution is -2.52. The van der Waals surface area contributed by atoms with Crippen molar-refractivity contribution in [3.8, 4) is 0 Å². The van der Waals surface area contributed by atoms with Gasteiger partial charge in [-0.3, -0.25) is 4.90 Å². The van der Waals surface area contributed by atoms with E-state index in [-0.39, 0.29) is 11.1 Å². The van der Waals surface area contributed by atoms with Crippen LogP contribution in [0.4, 0.5) is 0 Å². The van der Waals surface area contributed by atoms with Crippen LogP contribution in [0.25, 0.3) is 0 Å². The third-order valence-electron chi connectivity index (χ3n) is 3.46. The first kappa shape index (κ1) is 17.7. The Balaban J connectivity index is 4.57. The van der Waals surface area contributed by atoms with E-state index in [4.69, 9.17) is 0 Å². The minimum atomic E-state index is 0.184. The van der Waals surface area contributed by atoms with Crippen molar-refractivity contribution in [2.75, 3.05) is 13.1 Å². The van der Waals surface area contributed by atoms with Gasteiger partial charge in [0, 0.05) is 23.7 Å². The van der Waals surface area contributed by atoms with Crippen LogP contribution in [0, 0.1) is 5.92 Å². The lowest BCUT2D eigenvalue weighted by atomic mass is 9.95. The number of rotatable bonds is 6. The summed E-state index contributed by atoms with van der Waals surface area (Å²) in [5.74, 6) is 0.614. The van der Waals surface area contributed by atoms with Gasteiger partial charge in [0.25, 0.3) is 0 Å². The zero-order chi connectivity index (χ0) is 14.6. The van der Waals surface area contributed by atoms with E-state index >= 15 is 0 Å². The molecule has 0 aliphatic heterocycles. The van der Waals surface area contributed by atoms with E-state index in [0.717, 1.165) is 13.1 Å². The van der Waals surface area contributed by atoms with Crippen molar-refractivity contribution < 1.29 is 0 Å². The molecule has 2 nitrogen and oxygen atoms in total. The van der Waals surface area contributed by atoms with E-state index in [9.17, 15) is 0 Å². The molecule has 18 heavy (non-hydrogen) atoms. The van der Waals surface area contributed by atoms with E-state index in [0.29, 0.717) is 12.0 Å². The highest BCUT2D eigenvalue weighted by Gasteiger charge is 2.28. The summed E-state index contributed by atoms with van der Waals surface area (Å²) in [5.41, 5.74) is 0.378. The van der Waals surface area contributed by atoms with E-state index in [1.165, 1.54) is 0 Å². The Kier molecular flexibility index (Phi) is 6.59. The third-order valence-corrected chi connectivity index (χ3v) is 3.46. The predicted molar refractivity (Wildman–Crippen MR) is 83.0 cm³/mol. The molecule has 2 atom stereocenters. The smallest absolute Gasteiger partial charge is 0.0168 e. The first-order valence-electron chi connectivity index (χ1n) is 7.11. The van der Waals surface area contributed by atoms with Crippen molar-refractivity contribution in [2.24, 2.45) is 5.92 Å². The van der Waals surface area contributed by atoms with Gasteiger partial charge in [-0.1, -0.05) is 13.0 Å². The molecular formula is C16H34N2. The fraction of sp³-hybridized carbons (Fsp3) is 0.875. The van der Waals surface area contributed by atoms with Crippen LogP contribution in [0.3, 0.4) is 0 Å². The largest absolute Gasteiger partial charge is 0.312 e. The number of hydrogen-bond donors (Lipinski definition) is 1. The molecule has 0 fully saturated rings. The normalized spacial score (nSPS) is 16.7. The topological polar surface area (TPSA) is 15.3 Å². The van der Waals surface area contributed by atoms with Crippen molar-refractivity contribution in [1.29, 1.82) is 0 Å². The SMILES string of the molecule is C=CCN(C(C)C(C)CNC(C)(C)C)C(C)(C)C. The Hall–Kier alpha value is -0.340. The molecule has 0 aliphatic carbocycles. The van der Waals surface area contributed by atoms with Crippen LogP contribution in [0.2, 0.25) is 0 Å². The second-order valence-electron chi connectivity index (χ2n) is 7.46. The van der Waals surface area contributed by atoms with Crippen LogP contribution >= 0.6 is 0 Å². The first-order chi connectivity index (χ1) is 7.99. The van der Waals surface area contributed by atoms with Gasteiger partial charge in [0.05, 0.1) is 0 Å². The first-order valence-corrected chi connectivity index (χ1v) is 7.11. The van der Waals surface area contributed by atoms with Crippen LogP contribution in [-0.2, 0) is 0 Å². The third kappa shape index (κ3) is 6.55. The molecule has 0 aliphatic rings. The van der Waals surface area contributed by atoms with Gasteiger partial charge in [0.15, 0.2) is 0 Å². The quantitative estimate of drug-likeness (QED) is 0.727. The fourth-order valence-electron chi connectivity index (χ4n) is 2.14. The van der Waals surface area contributed by atoms with Crippen molar-refractivity contribution in [1.82, 2.24) is 10.2 Å². The van der Waals surface area contributed by atoms with Gasteiger partial charge in [-0.25, -0.2) is 0 Å². The fourth-order valence-corrected chi connectivity index (χ4v) is 2.14. The van der Waals surface area contributed by atoms with Crippen LogP contribution < -0.4 is 5.32 Å². The minimum Gasteiger partial charge on any atom is -0.312 e. The molecule has 0 bridgehead atoms. The highest BCUT2D eigenvalue weighted by atomic mass is 15.2. The monoisotopic (exact) mass is 254 g/mol. The van der Waals surface area contributed by atoms with Crippen LogP contribution in [0.1, 0.15) is 55.4 Å². The van der Waals surface area contributed by atoms with Crippen LogP contribution in [-0.4, -0.2) is 35.1 Å². The summed E-state index contributed by atoms with van der Waals surface area (Å²) in [5, 5.41) is 3.60. The molecule has 0 saturated heterocycles. The second-order valence-corrected chi connectivity index (χ2v) is 7.46. The minimum absolute atomic E-state index is 0.184. The maximum absolute atomic E-state index is 3.88. The van der Waals surface area contributed by atoms with Crippen LogP contribution in [0.15, 0.2) is 12.7 Å². The summed E-state index contributed by atoms with van der Waals surface area (Å²) < 4.78 is 0. The Morgan fingerprint density at radius 2 is 1.61 bits per heavy atom. The molecule has 2 heteroatoms. The molecule has 0 radical (unpaired) electrons. The molecule has 0 aromatic carbocycles. The van der Waals surface area contributed by atoms with Gasteiger partial charge in [-0.2, -0.15) is 0 Å². The zero-order valence-corrected chi connectivity index (χ0v) is 13.8. The highest BCUT2D eigenvalue weighted by molar-refractivity contribution is 4.89. The molecule has 1 N–H and O–H groups in total. The predicted octanol–water partition coefficient (Wildman–Crippen LogP) is 3.69. The standard InChI is InChI=1S/C16H34N2/c1-10-11-18(16(7,8)9)14(3)13(2)12-17-15(4,5)6/h10,13-14,17H,1,11-12H2,2-9H3. The summed E-state index contributed by atoms with van der Waals surface area (Å²) in [7, 11) is 0. The van der Waals surface area contributed by atoms with E-state index in [1.807, 2.05) is 6.08 Å². The lowest BCUT2D eigenvalue weighted by molar-refractivity contribution is 0.0738. The molecule has 2 unspecified atom stereocenters. The Labute approximate surface area is 115 Å². The second kappa shape index (κ2) is 6.72. The van der Waals surface area contributed by atoms with E-state index < -0.39 is 0 Å². The van der Waals surface area contributed by atoms with Crippen molar-refractivity contribution in [3.63, 3.8) is 0 Å². The molecular weight excluding hydrogens is 220 g/mol. The number of hydrogen-bond acceptors (Lipinski definition) is 2. The molecule has 0 amide bonds. The summed E-state index contributed by atoms with van der Waals surface area (Å²) >= 11 is 0. The van der Waals surface area contributed by atoms with Gasteiger partial charge in [-0.15, -0.1) is 6.58 Å². The van der Waals surface area contributed by atoms with E-state index in [1.54, 1.807) is 0 Å². The highest BCUT2D eigenvalue weighted by Crippen LogP contribution is 2.21. The molecule has 0 saturated carbocycles. The molecule has 0 aromatic rings. The molecule has 0 rings (SSSR count). The Bertz CT molecular complexity index is 245. The van der Waals surface area contributed by atoms with Gasteiger partial charge < -0.3 is 5.32 Å². The summed E-state index contributed by atoms with van der Waals surface area (Å²) in [6, 6.07) is 0.540. The Morgan fingerprint density at radius 1 is 1.11 bits per heavy atom. The van der Waals surface area contributed by atoms with E-state index in [2.05, 4.69) is 72.2 Å². The molecule has 0 aromatic heterocycles. The average Bonchev–Trinajstić information content (AvgIpc) is 2.18. The Morgan fingerprint density at radius 3 is 1.94 bits per heavy atom. The zero-order valence-electron chi connectivity index (χ0n) is 13.8.